The van der Waals surface area contributed by atoms with Gasteiger partial charge in [0.1, 0.15) is 11.5 Å². The lowest BCUT2D eigenvalue weighted by molar-refractivity contribution is 0.0904. The molecule has 4 heteroatoms. The third kappa shape index (κ3) is 4.89. The van der Waals surface area contributed by atoms with Crippen molar-refractivity contribution in [1.29, 1.82) is 0 Å². The Hall–Kier alpha value is -0.840. The van der Waals surface area contributed by atoms with Gasteiger partial charge in [0, 0.05) is 18.2 Å². The molecule has 1 heterocycles. The molecule has 0 spiro atoms. The normalized spacial score (nSPS) is 12.9. The van der Waals surface area contributed by atoms with Crippen molar-refractivity contribution < 1.29 is 14.3 Å². The number of ether oxygens (including phenoxy) is 1. The van der Waals surface area contributed by atoms with Gasteiger partial charge in [0.2, 0.25) is 0 Å². The van der Waals surface area contributed by atoms with Crippen LogP contribution in [-0.2, 0) is 4.74 Å². The minimum Gasteiger partial charge on any atom is -0.466 e. The summed E-state index contributed by atoms with van der Waals surface area (Å²) in [6, 6.07) is 2.38. The number of hydrogen-bond donors (Lipinski definition) is 2. The zero-order valence-electron chi connectivity index (χ0n) is 11.0. The van der Waals surface area contributed by atoms with Crippen LogP contribution in [0.5, 0.6) is 0 Å². The fourth-order valence-electron chi connectivity index (χ4n) is 1.85. The van der Waals surface area contributed by atoms with Crippen molar-refractivity contribution in [2.45, 2.75) is 33.2 Å². The Morgan fingerprint density at radius 3 is 2.76 bits per heavy atom. The van der Waals surface area contributed by atoms with Gasteiger partial charge in [-0.15, -0.1) is 0 Å². The fourth-order valence-corrected chi connectivity index (χ4v) is 1.85. The lowest BCUT2D eigenvalue weighted by Gasteiger charge is -2.12. The zero-order valence-corrected chi connectivity index (χ0v) is 11.0. The SMILES string of the molecule is Cc1cc(C(C)NCCCOCCO)c(C)o1. The fraction of sp³-hybridized carbons (Fsp3) is 0.692. The molecule has 0 aromatic carbocycles. The first-order chi connectivity index (χ1) is 8.15. The number of furan rings is 1. The van der Waals surface area contributed by atoms with E-state index < -0.39 is 0 Å². The number of aryl methyl sites for hydroxylation is 2. The second kappa shape index (κ2) is 7.48. The topological polar surface area (TPSA) is 54.6 Å². The summed E-state index contributed by atoms with van der Waals surface area (Å²) in [5, 5.41) is 12.0. The summed E-state index contributed by atoms with van der Waals surface area (Å²) in [6.45, 7) is 8.19. The van der Waals surface area contributed by atoms with E-state index in [2.05, 4.69) is 18.3 Å². The second-order valence-corrected chi connectivity index (χ2v) is 4.23. The third-order valence-electron chi connectivity index (χ3n) is 2.70. The molecule has 1 aromatic heterocycles. The van der Waals surface area contributed by atoms with Crippen molar-refractivity contribution in [3.05, 3.63) is 23.2 Å². The summed E-state index contributed by atoms with van der Waals surface area (Å²) >= 11 is 0. The van der Waals surface area contributed by atoms with Crippen LogP contribution in [0.2, 0.25) is 0 Å². The summed E-state index contributed by atoms with van der Waals surface area (Å²) < 4.78 is 10.7. The van der Waals surface area contributed by atoms with Gasteiger partial charge in [0.15, 0.2) is 0 Å². The molecule has 0 amide bonds. The maximum Gasteiger partial charge on any atom is 0.105 e. The van der Waals surface area contributed by atoms with Gasteiger partial charge in [0.25, 0.3) is 0 Å². The van der Waals surface area contributed by atoms with E-state index in [1.54, 1.807) is 0 Å². The van der Waals surface area contributed by atoms with Crippen LogP contribution in [0.4, 0.5) is 0 Å². The van der Waals surface area contributed by atoms with Crippen LogP contribution in [0.25, 0.3) is 0 Å². The van der Waals surface area contributed by atoms with E-state index in [1.165, 1.54) is 5.56 Å². The van der Waals surface area contributed by atoms with E-state index in [0.717, 1.165) is 24.5 Å². The van der Waals surface area contributed by atoms with E-state index in [4.69, 9.17) is 14.3 Å². The average molecular weight is 241 g/mol. The lowest BCUT2D eigenvalue weighted by atomic mass is 10.1. The Morgan fingerprint density at radius 1 is 1.41 bits per heavy atom. The highest BCUT2D eigenvalue weighted by Crippen LogP contribution is 2.20. The van der Waals surface area contributed by atoms with Crippen LogP contribution in [0.3, 0.4) is 0 Å². The number of rotatable bonds is 8. The Labute approximate surface area is 103 Å². The van der Waals surface area contributed by atoms with Crippen LogP contribution in [0.1, 0.15) is 36.5 Å². The van der Waals surface area contributed by atoms with Gasteiger partial charge in [-0.3, -0.25) is 0 Å². The quantitative estimate of drug-likeness (QED) is 0.683. The number of aliphatic hydroxyl groups excluding tert-OH is 1. The minimum atomic E-state index is 0.0946. The smallest absolute Gasteiger partial charge is 0.105 e. The molecule has 4 nitrogen and oxygen atoms in total. The summed E-state index contributed by atoms with van der Waals surface area (Å²) in [7, 11) is 0. The molecular formula is C13H23NO3. The molecule has 2 N–H and O–H groups in total. The molecule has 0 aliphatic carbocycles. The highest BCUT2D eigenvalue weighted by molar-refractivity contribution is 5.23. The van der Waals surface area contributed by atoms with E-state index in [9.17, 15) is 0 Å². The van der Waals surface area contributed by atoms with E-state index in [-0.39, 0.29) is 6.61 Å². The average Bonchev–Trinajstić information content (AvgIpc) is 2.62. The summed E-state index contributed by atoms with van der Waals surface area (Å²) in [5.41, 5.74) is 1.22. The third-order valence-corrected chi connectivity index (χ3v) is 2.70. The minimum absolute atomic E-state index is 0.0946. The van der Waals surface area contributed by atoms with E-state index in [0.29, 0.717) is 19.3 Å². The number of aliphatic hydroxyl groups is 1. The Morgan fingerprint density at radius 2 is 2.18 bits per heavy atom. The predicted octanol–water partition coefficient (Wildman–Crippen LogP) is 1.95. The summed E-state index contributed by atoms with van der Waals surface area (Å²) in [4.78, 5) is 0. The molecule has 98 valence electrons. The standard InChI is InChI=1S/C13H23NO3/c1-10-9-13(12(3)17-10)11(2)14-5-4-7-16-8-6-15/h9,11,14-15H,4-8H2,1-3H3. The number of hydrogen-bond acceptors (Lipinski definition) is 4. The first-order valence-electron chi connectivity index (χ1n) is 6.14. The van der Waals surface area contributed by atoms with Gasteiger partial charge in [-0.2, -0.15) is 0 Å². The molecule has 1 atom stereocenters. The van der Waals surface area contributed by atoms with Crippen molar-refractivity contribution in [3.8, 4) is 0 Å². The van der Waals surface area contributed by atoms with Gasteiger partial charge < -0.3 is 19.6 Å². The van der Waals surface area contributed by atoms with Crippen LogP contribution in [0, 0.1) is 13.8 Å². The van der Waals surface area contributed by atoms with Gasteiger partial charge in [-0.1, -0.05) is 0 Å². The van der Waals surface area contributed by atoms with Crippen molar-refractivity contribution in [2.75, 3.05) is 26.4 Å². The van der Waals surface area contributed by atoms with Gasteiger partial charge in [-0.05, 0) is 39.8 Å². The maximum atomic E-state index is 8.54. The van der Waals surface area contributed by atoms with Crippen molar-refractivity contribution in [2.24, 2.45) is 0 Å². The molecule has 0 aliphatic heterocycles. The molecule has 1 rings (SSSR count). The van der Waals surface area contributed by atoms with Crippen LogP contribution in [0.15, 0.2) is 10.5 Å². The molecule has 0 saturated heterocycles. The molecule has 1 aromatic rings. The number of nitrogens with one attached hydrogen (secondary N) is 1. The molecule has 1 unspecified atom stereocenters. The molecule has 0 fully saturated rings. The monoisotopic (exact) mass is 241 g/mol. The highest BCUT2D eigenvalue weighted by Gasteiger charge is 2.11. The Bertz CT molecular complexity index is 322. The Balaban J connectivity index is 2.21. The maximum absolute atomic E-state index is 8.54. The highest BCUT2D eigenvalue weighted by atomic mass is 16.5. The zero-order chi connectivity index (χ0) is 12.7. The largest absolute Gasteiger partial charge is 0.466 e. The molecule has 17 heavy (non-hydrogen) atoms. The van der Waals surface area contributed by atoms with Crippen LogP contribution in [-0.4, -0.2) is 31.5 Å². The van der Waals surface area contributed by atoms with Crippen LogP contribution >= 0.6 is 0 Å². The molecule has 0 aliphatic rings. The lowest BCUT2D eigenvalue weighted by Crippen LogP contribution is -2.21. The first kappa shape index (κ1) is 14.2. The van der Waals surface area contributed by atoms with Crippen LogP contribution < -0.4 is 5.32 Å². The van der Waals surface area contributed by atoms with Crippen molar-refractivity contribution in [3.63, 3.8) is 0 Å². The van der Waals surface area contributed by atoms with E-state index in [1.807, 2.05) is 13.8 Å². The summed E-state index contributed by atoms with van der Waals surface area (Å²) in [5.74, 6) is 1.94. The first-order valence-corrected chi connectivity index (χ1v) is 6.14. The molecule has 0 saturated carbocycles. The second-order valence-electron chi connectivity index (χ2n) is 4.23. The Kier molecular flexibility index (Phi) is 6.26. The molecule has 0 bridgehead atoms. The van der Waals surface area contributed by atoms with Crippen molar-refractivity contribution >= 4 is 0 Å². The van der Waals surface area contributed by atoms with Crippen molar-refractivity contribution in [1.82, 2.24) is 5.32 Å². The van der Waals surface area contributed by atoms with Gasteiger partial charge in [0.05, 0.1) is 13.2 Å². The molecule has 0 radical (unpaired) electrons. The molecular weight excluding hydrogens is 218 g/mol. The predicted molar refractivity (Wildman–Crippen MR) is 67.1 cm³/mol. The van der Waals surface area contributed by atoms with E-state index >= 15 is 0 Å². The van der Waals surface area contributed by atoms with Gasteiger partial charge >= 0.3 is 0 Å². The van der Waals surface area contributed by atoms with Gasteiger partial charge in [-0.25, -0.2) is 0 Å². The summed E-state index contributed by atoms with van der Waals surface area (Å²) in [6.07, 6.45) is 0.945.